The van der Waals surface area contributed by atoms with Gasteiger partial charge in [-0.25, -0.2) is 4.79 Å². The molecule has 0 saturated heterocycles. The van der Waals surface area contributed by atoms with Crippen LogP contribution in [0.4, 0.5) is 4.79 Å². The predicted octanol–water partition coefficient (Wildman–Crippen LogP) is 3.70. The molecule has 2 bridgehead atoms. The van der Waals surface area contributed by atoms with E-state index in [1.165, 1.54) is 32.8 Å². The van der Waals surface area contributed by atoms with Gasteiger partial charge in [-0.1, -0.05) is 19.8 Å². The van der Waals surface area contributed by atoms with Crippen LogP contribution in [0.1, 0.15) is 58.3 Å². The van der Waals surface area contributed by atoms with E-state index in [0.29, 0.717) is 25.6 Å². The number of carbonyl (C=O) groups is 2. The topological polar surface area (TPSA) is 61.8 Å². The molecule has 0 heterocycles. The summed E-state index contributed by atoms with van der Waals surface area (Å²) in [5.74, 6) is 1.17. The number of methoxy groups -OCH3 is 1. The molecule has 22 heavy (non-hydrogen) atoms. The molecule has 2 fully saturated rings. The first kappa shape index (κ1) is 17.1. The average Bonchev–Trinajstić information content (AvgIpc) is 2.52. The lowest BCUT2D eigenvalue weighted by Crippen LogP contribution is -2.41. The zero-order valence-electron chi connectivity index (χ0n) is 13.8. The van der Waals surface area contributed by atoms with Crippen molar-refractivity contribution in [1.82, 2.24) is 0 Å². The molecule has 2 saturated carbocycles. The monoisotopic (exact) mass is 312 g/mol. The highest BCUT2D eigenvalue weighted by Crippen LogP contribution is 2.51. The molecule has 0 aromatic rings. The maximum Gasteiger partial charge on any atom is 0.507 e. The smallest absolute Gasteiger partial charge is 0.465 e. The van der Waals surface area contributed by atoms with Crippen molar-refractivity contribution < 1.29 is 23.8 Å². The number of esters is 1. The normalized spacial score (nSPS) is 30.5. The maximum absolute atomic E-state index is 11.5. The number of hydrogen-bond acceptors (Lipinski definition) is 5. The van der Waals surface area contributed by atoms with Crippen LogP contribution in [0.15, 0.2) is 0 Å². The van der Waals surface area contributed by atoms with Gasteiger partial charge in [-0.05, 0) is 43.9 Å². The molecular weight excluding hydrogens is 284 g/mol. The van der Waals surface area contributed by atoms with Crippen LogP contribution >= 0.6 is 0 Å². The van der Waals surface area contributed by atoms with Crippen LogP contribution in [0, 0.1) is 17.3 Å². The Balaban J connectivity index is 1.86. The molecule has 0 N–H and O–H groups in total. The van der Waals surface area contributed by atoms with Gasteiger partial charge < -0.3 is 14.2 Å². The molecule has 2 aliphatic rings. The highest BCUT2D eigenvalue weighted by molar-refractivity contribution is 5.68. The number of fused-ring (bicyclic) bond motifs is 2. The van der Waals surface area contributed by atoms with E-state index in [1.807, 2.05) is 6.92 Å². The van der Waals surface area contributed by atoms with E-state index in [-0.39, 0.29) is 11.4 Å². The Labute approximate surface area is 132 Å². The first-order valence-electron chi connectivity index (χ1n) is 8.43. The fraction of sp³-hybridized carbons (Fsp3) is 0.882. The van der Waals surface area contributed by atoms with Gasteiger partial charge >= 0.3 is 12.1 Å². The van der Waals surface area contributed by atoms with Crippen LogP contribution in [-0.2, 0) is 19.0 Å². The van der Waals surface area contributed by atoms with Crippen molar-refractivity contribution in [3.63, 3.8) is 0 Å². The molecular formula is C17H28O5. The van der Waals surface area contributed by atoms with Gasteiger partial charge in [-0.2, -0.15) is 0 Å². The van der Waals surface area contributed by atoms with E-state index < -0.39 is 6.16 Å². The minimum absolute atomic E-state index is 0.104. The second-order valence-corrected chi connectivity index (χ2v) is 6.87. The van der Waals surface area contributed by atoms with Crippen molar-refractivity contribution in [1.29, 1.82) is 0 Å². The number of carbonyl (C=O) groups excluding carboxylic acids is 2. The van der Waals surface area contributed by atoms with Crippen molar-refractivity contribution >= 4 is 12.1 Å². The third kappa shape index (κ3) is 4.62. The fourth-order valence-corrected chi connectivity index (χ4v) is 4.25. The molecule has 2 aliphatic carbocycles. The summed E-state index contributed by atoms with van der Waals surface area (Å²) in [5, 5.41) is 0. The number of ether oxygens (including phenoxy) is 3. The highest BCUT2D eigenvalue weighted by Gasteiger charge is 2.43. The summed E-state index contributed by atoms with van der Waals surface area (Å²) in [5.41, 5.74) is 0.155. The lowest BCUT2D eigenvalue weighted by atomic mass is 9.59. The standard InChI is InChI=1S/C17H28O5/c1-3-15(18)22-12-17-7-4-5-13(10-17)9-14(11-17)6-8-21-16(19)20-2/h13-14H,3-12H2,1-2H3. The van der Waals surface area contributed by atoms with Gasteiger partial charge in [0.05, 0.1) is 20.3 Å². The Morgan fingerprint density at radius 3 is 2.77 bits per heavy atom. The molecule has 2 rings (SSSR count). The Morgan fingerprint density at radius 2 is 2.05 bits per heavy atom. The first-order chi connectivity index (χ1) is 10.6. The van der Waals surface area contributed by atoms with E-state index in [1.54, 1.807) is 0 Å². The largest absolute Gasteiger partial charge is 0.507 e. The van der Waals surface area contributed by atoms with Crippen LogP contribution < -0.4 is 0 Å². The molecule has 3 unspecified atom stereocenters. The van der Waals surface area contributed by atoms with Crippen LogP contribution in [-0.4, -0.2) is 32.4 Å². The molecule has 0 aromatic heterocycles. The molecule has 0 amide bonds. The summed E-state index contributed by atoms with van der Waals surface area (Å²) < 4.78 is 15.0. The van der Waals surface area contributed by atoms with E-state index in [0.717, 1.165) is 25.2 Å². The highest BCUT2D eigenvalue weighted by atomic mass is 16.7. The van der Waals surface area contributed by atoms with E-state index in [4.69, 9.17) is 9.47 Å². The summed E-state index contributed by atoms with van der Waals surface area (Å²) in [6, 6.07) is 0. The van der Waals surface area contributed by atoms with Gasteiger partial charge in [-0.3, -0.25) is 4.79 Å². The second-order valence-electron chi connectivity index (χ2n) is 6.87. The minimum Gasteiger partial charge on any atom is -0.465 e. The van der Waals surface area contributed by atoms with Gasteiger partial charge in [0.2, 0.25) is 0 Å². The molecule has 0 aromatic carbocycles. The number of rotatable bonds is 6. The summed E-state index contributed by atoms with van der Waals surface area (Å²) in [6.07, 6.45) is 7.82. The zero-order valence-corrected chi connectivity index (χ0v) is 13.8. The van der Waals surface area contributed by atoms with Crippen LogP contribution in [0.25, 0.3) is 0 Å². The summed E-state index contributed by atoms with van der Waals surface area (Å²) in [7, 11) is 1.32. The molecule has 0 aliphatic heterocycles. The fourth-order valence-electron chi connectivity index (χ4n) is 4.25. The van der Waals surface area contributed by atoms with Crippen LogP contribution in [0.3, 0.4) is 0 Å². The van der Waals surface area contributed by atoms with Crippen LogP contribution in [0.5, 0.6) is 0 Å². The molecule has 5 heteroatoms. The summed E-state index contributed by atoms with van der Waals surface area (Å²) in [4.78, 5) is 22.5. The molecule has 126 valence electrons. The minimum atomic E-state index is -0.609. The zero-order chi connectivity index (χ0) is 16.0. The molecule has 5 nitrogen and oxygen atoms in total. The van der Waals surface area contributed by atoms with Crippen molar-refractivity contribution in [2.45, 2.75) is 58.3 Å². The lowest BCUT2D eigenvalue weighted by Gasteiger charge is -2.48. The Hall–Kier alpha value is -1.26. The third-order valence-corrected chi connectivity index (χ3v) is 5.17. The SMILES string of the molecule is CCC(=O)OCC12CCCC(CC(CCOC(=O)OC)C1)C2. The predicted molar refractivity (Wildman–Crippen MR) is 81.3 cm³/mol. The second kappa shape index (κ2) is 7.84. The maximum atomic E-state index is 11.5. The van der Waals surface area contributed by atoms with Gasteiger partial charge in [-0.15, -0.1) is 0 Å². The van der Waals surface area contributed by atoms with Gasteiger partial charge in [0.1, 0.15) is 0 Å². The van der Waals surface area contributed by atoms with E-state index in [9.17, 15) is 9.59 Å². The van der Waals surface area contributed by atoms with Gasteiger partial charge in [0.15, 0.2) is 0 Å². The van der Waals surface area contributed by atoms with Gasteiger partial charge in [0.25, 0.3) is 0 Å². The molecule has 0 spiro atoms. The van der Waals surface area contributed by atoms with Crippen molar-refractivity contribution in [3.8, 4) is 0 Å². The molecule has 0 radical (unpaired) electrons. The van der Waals surface area contributed by atoms with Gasteiger partial charge in [0, 0.05) is 11.8 Å². The molecule has 3 atom stereocenters. The van der Waals surface area contributed by atoms with E-state index >= 15 is 0 Å². The van der Waals surface area contributed by atoms with Crippen LogP contribution in [0.2, 0.25) is 0 Å². The summed E-state index contributed by atoms with van der Waals surface area (Å²) in [6.45, 7) is 2.80. The Bertz CT molecular complexity index is 395. The average molecular weight is 312 g/mol. The quantitative estimate of drug-likeness (QED) is 0.700. The van der Waals surface area contributed by atoms with Crippen molar-refractivity contribution in [3.05, 3.63) is 0 Å². The Morgan fingerprint density at radius 1 is 1.23 bits per heavy atom. The third-order valence-electron chi connectivity index (χ3n) is 5.17. The summed E-state index contributed by atoms with van der Waals surface area (Å²) >= 11 is 0. The van der Waals surface area contributed by atoms with E-state index in [2.05, 4.69) is 4.74 Å². The lowest BCUT2D eigenvalue weighted by molar-refractivity contribution is -0.150. The van der Waals surface area contributed by atoms with Crippen molar-refractivity contribution in [2.24, 2.45) is 17.3 Å². The van der Waals surface area contributed by atoms with Crippen molar-refractivity contribution in [2.75, 3.05) is 20.3 Å². The number of hydrogen-bond donors (Lipinski definition) is 0. The Kier molecular flexibility index (Phi) is 6.09. The first-order valence-corrected chi connectivity index (χ1v) is 8.43.